The lowest BCUT2D eigenvalue weighted by Gasteiger charge is -2.30. The highest BCUT2D eigenvalue weighted by Gasteiger charge is 2.37. The van der Waals surface area contributed by atoms with Crippen molar-refractivity contribution in [1.82, 2.24) is 14.4 Å². The van der Waals surface area contributed by atoms with Crippen molar-refractivity contribution in [3.63, 3.8) is 0 Å². The van der Waals surface area contributed by atoms with E-state index >= 15 is 0 Å². The molecule has 0 bridgehead atoms. The summed E-state index contributed by atoms with van der Waals surface area (Å²) < 4.78 is 76.1. The molecule has 2 aromatic rings. The first-order valence-electron chi connectivity index (χ1n) is 9.27. The van der Waals surface area contributed by atoms with Gasteiger partial charge in [0.1, 0.15) is 0 Å². The standard InChI is InChI=1S/C18H19ClF3N3O5S/c1-10(16-23-11(2)24-30-16)29-17(26)12-5-7-25(8-6-12)31(27,28)13-3-4-15(19)14(9-13)18(20,21)22/h3-4,9-10,12H,5-8H2,1-2H3. The van der Waals surface area contributed by atoms with Crippen LogP contribution < -0.4 is 0 Å². The van der Waals surface area contributed by atoms with Crippen LogP contribution in [0.5, 0.6) is 0 Å². The molecule has 0 aliphatic carbocycles. The van der Waals surface area contributed by atoms with Gasteiger partial charge in [0.15, 0.2) is 11.9 Å². The SMILES string of the molecule is Cc1noc(C(C)OC(=O)C2CCN(S(=O)(=O)c3ccc(Cl)c(C(F)(F)F)c3)CC2)n1. The molecule has 1 fully saturated rings. The van der Waals surface area contributed by atoms with Crippen LogP contribution in [0.1, 0.15) is 43.1 Å². The van der Waals surface area contributed by atoms with Gasteiger partial charge in [-0.25, -0.2) is 8.42 Å². The van der Waals surface area contributed by atoms with E-state index in [9.17, 15) is 26.4 Å². The number of benzene rings is 1. The third kappa shape index (κ3) is 5.18. The van der Waals surface area contributed by atoms with Crippen LogP contribution in [0.4, 0.5) is 13.2 Å². The molecule has 8 nitrogen and oxygen atoms in total. The maximum absolute atomic E-state index is 13.1. The van der Waals surface area contributed by atoms with Crippen molar-refractivity contribution in [2.45, 2.75) is 43.9 Å². The molecule has 3 rings (SSSR count). The zero-order valence-electron chi connectivity index (χ0n) is 16.5. The third-order valence-electron chi connectivity index (χ3n) is 4.85. The number of nitrogens with zero attached hydrogens (tertiary/aromatic N) is 3. The summed E-state index contributed by atoms with van der Waals surface area (Å²) >= 11 is 5.56. The van der Waals surface area contributed by atoms with Gasteiger partial charge >= 0.3 is 12.1 Å². The predicted molar refractivity (Wildman–Crippen MR) is 101 cm³/mol. The summed E-state index contributed by atoms with van der Waals surface area (Å²) in [5.41, 5.74) is -1.22. The lowest BCUT2D eigenvalue weighted by molar-refractivity contribution is -0.156. The first-order valence-corrected chi connectivity index (χ1v) is 11.1. The van der Waals surface area contributed by atoms with Crippen LogP contribution in [0.3, 0.4) is 0 Å². The Labute approximate surface area is 181 Å². The molecule has 31 heavy (non-hydrogen) atoms. The molecule has 1 aliphatic heterocycles. The summed E-state index contributed by atoms with van der Waals surface area (Å²) in [5, 5.41) is 3.04. The molecule has 0 radical (unpaired) electrons. The minimum absolute atomic E-state index is 0.0415. The van der Waals surface area contributed by atoms with Gasteiger partial charge in [-0.1, -0.05) is 16.8 Å². The largest absolute Gasteiger partial charge is 0.452 e. The van der Waals surface area contributed by atoms with E-state index in [1.165, 1.54) is 0 Å². The molecule has 2 heterocycles. The van der Waals surface area contributed by atoms with Crippen LogP contribution in [0, 0.1) is 12.8 Å². The molecular formula is C18H19ClF3N3O5S. The first kappa shape index (κ1) is 23.5. The zero-order chi connectivity index (χ0) is 23.0. The van der Waals surface area contributed by atoms with E-state index in [0.29, 0.717) is 11.9 Å². The summed E-state index contributed by atoms with van der Waals surface area (Å²) in [6.07, 6.45) is -5.22. The fourth-order valence-electron chi connectivity index (χ4n) is 3.16. The third-order valence-corrected chi connectivity index (χ3v) is 7.08. The Morgan fingerprint density at radius 1 is 1.32 bits per heavy atom. The minimum atomic E-state index is -4.78. The number of ether oxygens (including phenoxy) is 1. The molecule has 1 atom stereocenters. The molecular weight excluding hydrogens is 463 g/mol. The van der Waals surface area contributed by atoms with Gasteiger partial charge in [-0.2, -0.15) is 22.5 Å². The van der Waals surface area contributed by atoms with Crippen LogP contribution in [0.25, 0.3) is 0 Å². The fourth-order valence-corrected chi connectivity index (χ4v) is 4.88. The number of aryl methyl sites for hydroxylation is 1. The van der Waals surface area contributed by atoms with Crippen LogP contribution >= 0.6 is 11.6 Å². The number of aromatic nitrogens is 2. The number of sulfonamides is 1. The average Bonchev–Trinajstić information content (AvgIpc) is 3.14. The Morgan fingerprint density at radius 3 is 2.52 bits per heavy atom. The minimum Gasteiger partial charge on any atom is -0.452 e. The van der Waals surface area contributed by atoms with Crippen LogP contribution in [-0.2, 0) is 25.7 Å². The highest BCUT2D eigenvalue weighted by molar-refractivity contribution is 7.89. The monoisotopic (exact) mass is 481 g/mol. The summed E-state index contributed by atoms with van der Waals surface area (Å²) in [7, 11) is -4.18. The second-order valence-electron chi connectivity index (χ2n) is 7.08. The maximum atomic E-state index is 13.1. The van der Waals surface area contributed by atoms with Crippen molar-refractivity contribution >= 4 is 27.6 Å². The topological polar surface area (TPSA) is 103 Å². The van der Waals surface area contributed by atoms with E-state index < -0.39 is 49.7 Å². The molecule has 0 spiro atoms. The Balaban J connectivity index is 1.65. The number of piperidine rings is 1. The van der Waals surface area contributed by atoms with Crippen molar-refractivity contribution in [3.05, 3.63) is 40.5 Å². The van der Waals surface area contributed by atoms with Gasteiger partial charge in [-0.15, -0.1) is 0 Å². The summed E-state index contributed by atoms with van der Waals surface area (Å²) in [6.45, 7) is 3.11. The lowest BCUT2D eigenvalue weighted by atomic mass is 9.98. The van der Waals surface area contributed by atoms with Crippen molar-refractivity contribution < 1.29 is 35.6 Å². The van der Waals surface area contributed by atoms with E-state index in [2.05, 4.69) is 10.1 Å². The molecule has 1 aromatic heterocycles. The van der Waals surface area contributed by atoms with Crippen LogP contribution in [0.2, 0.25) is 5.02 Å². The number of esters is 1. The molecule has 1 aromatic carbocycles. The summed E-state index contributed by atoms with van der Waals surface area (Å²) in [5.74, 6) is -0.554. The number of alkyl halides is 3. The van der Waals surface area contributed by atoms with Crippen molar-refractivity contribution in [2.24, 2.45) is 5.92 Å². The average molecular weight is 482 g/mol. The summed E-state index contributed by atoms with van der Waals surface area (Å²) in [4.78, 5) is 15.9. The lowest BCUT2D eigenvalue weighted by Crippen LogP contribution is -2.40. The highest BCUT2D eigenvalue weighted by atomic mass is 35.5. The van der Waals surface area contributed by atoms with E-state index in [-0.39, 0.29) is 31.8 Å². The first-order chi connectivity index (χ1) is 14.4. The number of hydrogen-bond acceptors (Lipinski definition) is 7. The number of carbonyl (C=O) groups excluding carboxylic acids is 1. The van der Waals surface area contributed by atoms with Crippen LogP contribution in [-0.4, -0.2) is 41.9 Å². The Bertz CT molecular complexity index is 1070. The van der Waals surface area contributed by atoms with Gasteiger partial charge in [0.05, 0.1) is 21.4 Å². The molecule has 0 saturated carbocycles. The molecule has 170 valence electrons. The van der Waals surface area contributed by atoms with E-state index in [1.807, 2.05) is 0 Å². The van der Waals surface area contributed by atoms with Crippen LogP contribution in [0.15, 0.2) is 27.6 Å². The molecule has 0 amide bonds. The second-order valence-corrected chi connectivity index (χ2v) is 9.42. The van der Waals surface area contributed by atoms with Gasteiger partial charge in [-0.05, 0) is 44.9 Å². The number of carbonyl (C=O) groups is 1. The van der Waals surface area contributed by atoms with Gasteiger partial charge < -0.3 is 9.26 Å². The van der Waals surface area contributed by atoms with E-state index in [1.54, 1.807) is 13.8 Å². The second kappa shape index (κ2) is 8.75. The molecule has 0 N–H and O–H groups in total. The molecule has 1 unspecified atom stereocenters. The quantitative estimate of drug-likeness (QED) is 0.599. The highest BCUT2D eigenvalue weighted by Crippen LogP contribution is 2.37. The predicted octanol–water partition coefficient (Wildman–Crippen LogP) is 3.76. The fraction of sp³-hybridized carbons (Fsp3) is 0.500. The molecule has 1 aliphatic rings. The molecule has 1 saturated heterocycles. The Kier molecular flexibility index (Phi) is 6.63. The van der Waals surface area contributed by atoms with Gasteiger partial charge in [-0.3, -0.25) is 4.79 Å². The Hall–Kier alpha value is -2.18. The van der Waals surface area contributed by atoms with Gasteiger partial charge in [0, 0.05) is 13.1 Å². The van der Waals surface area contributed by atoms with Gasteiger partial charge in [0.25, 0.3) is 5.89 Å². The van der Waals surface area contributed by atoms with Gasteiger partial charge in [0.2, 0.25) is 10.0 Å². The van der Waals surface area contributed by atoms with Crippen molar-refractivity contribution in [2.75, 3.05) is 13.1 Å². The zero-order valence-corrected chi connectivity index (χ0v) is 18.1. The van der Waals surface area contributed by atoms with Crippen molar-refractivity contribution in [1.29, 1.82) is 0 Å². The van der Waals surface area contributed by atoms with E-state index in [4.69, 9.17) is 20.9 Å². The summed E-state index contributed by atoms with van der Waals surface area (Å²) in [6, 6.07) is 2.45. The number of halogens is 4. The maximum Gasteiger partial charge on any atom is 0.417 e. The Morgan fingerprint density at radius 2 is 1.97 bits per heavy atom. The molecule has 13 heteroatoms. The van der Waals surface area contributed by atoms with E-state index in [0.717, 1.165) is 16.4 Å². The number of rotatable bonds is 5. The smallest absolute Gasteiger partial charge is 0.417 e. The normalized spacial score (nSPS) is 17.5. The number of hydrogen-bond donors (Lipinski definition) is 0. The van der Waals surface area contributed by atoms with Crippen molar-refractivity contribution in [3.8, 4) is 0 Å².